The van der Waals surface area contributed by atoms with E-state index < -0.39 is 23.5 Å². The Bertz CT molecular complexity index is 382. The average molecular weight is 202 g/mol. The second kappa shape index (κ2) is 2.76. The Morgan fingerprint density at radius 3 is 2.64 bits per heavy atom. The van der Waals surface area contributed by atoms with Crippen LogP contribution in [0.3, 0.4) is 0 Å². The summed E-state index contributed by atoms with van der Waals surface area (Å²) in [5, 5.41) is 18.1. The van der Waals surface area contributed by atoms with E-state index in [-0.39, 0.29) is 18.4 Å². The molecule has 1 heterocycles. The molecule has 0 aliphatic heterocycles. The Balaban J connectivity index is 2.63. The summed E-state index contributed by atoms with van der Waals surface area (Å²) in [4.78, 5) is 6.48. The van der Waals surface area contributed by atoms with Crippen molar-refractivity contribution in [2.75, 3.05) is 0 Å². The molecule has 14 heavy (non-hydrogen) atoms. The number of aromatic hydroxyl groups is 2. The molecule has 0 unspecified atom stereocenters. The van der Waals surface area contributed by atoms with E-state index in [1.54, 1.807) is 0 Å². The summed E-state index contributed by atoms with van der Waals surface area (Å²) < 4.78 is 26.5. The molecule has 0 atom stereocenters. The third-order valence-corrected chi connectivity index (χ3v) is 2.24. The molecule has 76 valence electrons. The number of alkyl halides is 2. The predicted molar refractivity (Wildman–Crippen MR) is 42.2 cm³/mol. The number of halogens is 2. The van der Waals surface area contributed by atoms with Gasteiger partial charge in [0.2, 0.25) is 5.88 Å². The van der Waals surface area contributed by atoms with Crippen LogP contribution in [0.25, 0.3) is 0 Å². The highest BCUT2D eigenvalue weighted by Gasteiger charge is 2.40. The van der Waals surface area contributed by atoms with Gasteiger partial charge in [-0.05, 0) is 12.8 Å². The van der Waals surface area contributed by atoms with E-state index in [0.717, 1.165) is 0 Å². The van der Waals surface area contributed by atoms with Gasteiger partial charge in [0.05, 0.1) is 0 Å². The van der Waals surface area contributed by atoms with Gasteiger partial charge in [0.15, 0.2) is 0 Å². The molecular formula is C8H8F2N2O2. The van der Waals surface area contributed by atoms with Crippen molar-refractivity contribution in [1.29, 1.82) is 0 Å². The van der Waals surface area contributed by atoms with Gasteiger partial charge in [-0.15, -0.1) is 0 Å². The van der Waals surface area contributed by atoms with Gasteiger partial charge in [-0.1, -0.05) is 0 Å². The number of aromatic nitrogens is 2. The molecule has 4 nitrogen and oxygen atoms in total. The van der Waals surface area contributed by atoms with Crippen molar-refractivity contribution in [3.05, 3.63) is 11.3 Å². The van der Waals surface area contributed by atoms with Gasteiger partial charge in [-0.3, -0.25) is 0 Å². The van der Waals surface area contributed by atoms with E-state index in [0.29, 0.717) is 6.42 Å². The van der Waals surface area contributed by atoms with Gasteiger partial charge in [-0.2, -0.15) is 18.7 Å². The number of hydrogen-bond acceptors (Lipinski definition) is 4. The van der Waals surface area contributed by atoms with Gasteiger partial charge >= 0.3 is 6.01 Å². The largest absolute Gasteiger partial charge is 0.493 e. The van der Waals surface area contributed by atoms with Crippen molar-refractivity contribution in [1.82, 2.24) is 9.97 Å². The molecule has 1 aliphatic rings. The summed E-state index contributed by atoms with van der Waals surface area (Å²) in [6, 6.07) is -0.817. The molecule has 0 saturated heterocycles. The zero-order chi connectivity index (χ0) is 10.3. The van der Waals surface area contributed by atoms with Crippen molar-refractivity contribution < 1.29 is 19.0 Å². The Labute approximate surface area is 78.2 Å². The first-order valence-corrected chi connectivity index (χ1v) is 4.18. The van der Waals surface area contributed by atoms with Crippen molar-refractivity contribution in [3.8, 4) is 11.9 Å². The minimum Gasteiger partial charge on any atom is -0.493 e. The third-order valence-electron chi connectivity index (χ3n) is 2.24. The average Bonchev–Trinajstić information content (AvgIpc) is 2.06. The number of rotatable bonds is 0. The lowest BCUT2D eigenvalue weighted by molar-refractivity contribution is -0.0275. The van der Waals surface area contributed by atoms with Crippen LogP contribution >= 0.6 is 0 Å². The van der Waals surface area contributed by atoms with Crippen LogP contribution in [0.2, 0.25) is 0 Å². The quantitative estimate of drug-likeness (QED) is 0.665. The number of nitrogens with zero attached hydrogens (tertiary/aromatic N) is 2. The van der Waals surface area contributed by atoms with E-state index in [1.807, 2.05) is 0 Å². The van der Waals surface area contributed by atoms with Gasteiger partial charge in [-0.25, -0.2) is 0 Å². The molecular weight excluding hydrogens is 194 g/mol. The zero-order valence-electron chi connectivity index (χ0n) is 7.17. The van der Waals surface area contributed by atoms with Crippen molar-refractivity contribution in [2.24, 2.45) is 0 Å². The Kier molecular flexibility index (Phi) is 1.80. The summed E-state index contributed by atoms with van der Waals surface area (Å²) in [6.07, 6.45) is 0.286. The monoisotopic (exact) mass is 202 g/mol. The summed E-state index contributed by atoms with van der Waals surface area (Å²) in [7, 11) is 0. The molecule has 0 saturated carbocycles. The van der Waals surface area contributed by atoms with Crippen LogP contribution in [0.15, 0.2) is 0 Å². The molecule has 2 N–H and O–H groups in total. The summed E-state index contributed by atoms with van der Waals surface area (Å²) in [6.45, 7) is 0. The lowest BCUT2D eigenvalue weighted by Crippen LogP contribution is -2.23. The van der Waals surface area contributed by atoms with E-state index in [9.17, 15) is 13.9 Å². The third kappa shape index (κ3) is 1.26. The molecule has 2 rings (SSSR count). The Morgan fingerprint density at radius 1 is 1.21 bits per heavy atom. The maximum absolute atomic E-state index is 13.2. The van der Waals surface area contributed by atoms with Crippen molar-refractivity contribution >= 4 is 0 Å². The van der Waals surface area contributed by atoms with E-state index in [2.05, 4.69) is 9.97 Å². The van der Waals surface area contributed by atoms with Crippen LogP contribution in [-0.4, -0.2) is 20.2 Å². The molecule has 1 aromatic heterocycles. The molecule has 1 aliphatic carbocycles. The van der Waals surface area contributed by atoms with Crippen LogP contribution in [0, 0.1) is 0 Å². The van der Waals surface area contributed by atoms with Crippen LogP contribution in [0.4, 0.5) is 8.78 Å². The fraction of sp³-hybridized carbons (Fsp3) is 0.500. The lowest BCUT2D eigenvalue weighted by atomic mass is 9.93. The number of fused-ring (bicyclic) bond motifs is 1. The molecule has 0 amide bonds. The van der Waals surface area contributed by atoms with E-state index in [1.165, 1.54) is 0 Å². The molecule has 1 aromatic rings. The molecule has 0 spiro atoms. The second-order valence-corrected chi connectivity index (χ2v) is 3.23. The number of hydrogen-bond donors (Lipinski definition) is 2. The molecule has 6 heteroatoms. The second-order valence-electron chi connectivity index (χ2n) is 3.23. The normalized spacial score (nSPS) is 19.0. The van der Waals surface area contributed by atoms with Gasteiger partial charge < -0.3 is 10.2 Å². The smallest absolute Gasteiger partial charge is 0.317 e. The zero-order valence-corrected chi connectivity index (χ0v) is 7.17. The standard InChI is InChI=1S/C8H8F2N2O2/c9-8(10)3-1-2-4-5(8)11-7(14)12-6(4)13/h1-3H2,(H2,11,12,13,14). The fourth-order valence-electron chi connectivity index (χ4n) is 1.60. The first kappa shape index (κ1) is 9.11. The van der Waals surface area contributed by atoms with Crippen molar-refractivity contribution in [3.63, 3.8) is 0 Å². The molecule has 0 aromatic carbocycles. The van der Waals surface area contributed by atoms with Gasteiger partial charge in [0, 0.05) is 12.0 Å². The van der Waals surface area contributed by atoms with Gasteiger partial charge in [0.25, 0.3) is 5.92 Å². The van der Waals surface area contributed by atoms with Crippen LogP contribution in [0.5, 0.6) is 11.9 Å². The van der Waals surface area contributed by atoms with Crippen LogP contribution < -0.4 is 0 Å². The highest BCUT2D eigenvalue weighted by Crippen LogP contribution is 2.41. The lowest BCUT2D eigenvalue weighted by Gasteiger charge is -2.23. The van der Waals surface area contributed by atoms with Crippen molar-refractivity contribution in [2.45, 2.75) is 25.2 Å². The van der Waals surface area contributed by atoms with Crippen LogP contribution in [0.1, 0.15) is 24.1 Å². The molecule has 0 fully saturated rings. The molecule has 0 radical (unpaired) electrons. The Hall–Kier alpha value is -1.46. The maximum Gasteiger partial charge on any atom is 0.317 e. The summed E-state index contributed by atoms with van der Waals surface area (Å²) >= 11 is 0. The van der Waals surface area contributed by atoms with Gasteiger partial charge in [0.1, 0.15) is 5.69 Å². The Morgan fingerprint density at radius 2 is 1.93 bits per heavy atom. The minimum atomic E-state index is -3.08. The first-order valence-electron chi connectivity index (χ1n) is 4.18. The summed E-state index contributed by atoms with van der Waals surface area (Å²) in [5.74, 6) is -3.63. The highest BCUT2D eigenvalue weighted by atomic mass is 19.3. The summed E-state index contributed by atoms with van der Waals surface area (Å²) in [5.41, 5.74) is -0.507. The predicted octanol–water partition coefficient (Wildman–Crippen LogP) is 1.32. The van der Waals surface area contributed by atoms with Crippen LogP contribution in [-0.2, 0) is 12.3 Å². The highest BCUT2D eigenvalue weighted by molar-refractivity contribution is 5.35. The minimum absolute atomic E-state index is 0.0408. The maximum atomic E-state index is 13.2. The van der Waals surface area contributed by atoms with E-state index >= 15 is 0 Å². The first-order chi connectivity index (χ1) is 6.50. The fourth-order valence-corrected chi connectivity index (χ4v) is 1.60. The molecule has 0 bridgehead atoms. The topological polar surface area (TPSA) is 66.2 Å². The SMILES string of the molecule is Oc1nc(O)c2c(n1)C(F)(F)CCC2. The van der Waals surface area contributed by atoms with E-state index in [4.69, 9.17) is 5.11 Å².